The molecule has 8 heteroatoms. The number of nitrogens with two attached hydrogens (primary N) is 1. The van der Waals surface area contributed by atoms with E-state index < -0.39 is 17.1 Å². The molecule has 0 aliphatic rings. The molecular weight excluding hydrogens is 208 g/mol. The molecule has 0 heterocycles. The zero-order valence-corrected chi connectivity index (χ0v) is 9.95. The molecule has 0 aliphatic carbocycles. The molecule has 0 spiro atoms. The van der Waals surface area contributed by atoms with Crippen LogP contribution in [-0.4, -0.2) is 50.6 Å². The Morgan fingerprint density at radius 1 is 1.31 bits per heavy atom. The fourth-order valence-electron chi connectivity index (χ4n) is 0.616. The fraction of sp³-hybridized carbons (Fsp3) is 1.00. The Morgan fingerprint density at radius 2 is 1.85 bits per heavy atom. The lowest BCUT2D eigenvalue weighted by atomic mass is 11.1. The van der Waals surface area contributed by atoms with Gasteiger partial charge in [-0.15, -0.1) is 0 Å². The van der Waals surface area contributed by atoms with Gasteiger partial charge in [0.25, 0.3) is 0 Å². The highest BCUT2D eigenvalue weighted by molar-refractivity contribution is 6.68. The van der Waals surface area contributed by atoms with E-state index in [4.69, 9.17) is 10.2 Å². The summed E-state index contributed by atoms with van der Waals surface area (Å²) in [5, 5.41) is 2.62. The normalized spacial score (nSPS) is 13.4. The van der Waals surface area contributed by atoms with Gasteiger partial charge >= 0.3 is 17.1 Å². The molecule has 0 fully saturated rings. The lowest BCUT2D eigenvalue weighted by Gasteiger charge is -2.22. The Balaban J connectivity index is 3.75. The van der Waals surface area contributed by atoms with Crippen molar-refractivity contribution in [2.75, 3.05) is 19.1 Å². The molecule has 0 saturated carbocycles. The number of hydrogen-bond donors (Lipinski definition) is 5. The van der Waals surface area contributed by atoms with E-state index >= 15 is 0 Å². The van der Waals surface area contributed by atoms with Crippen molar-refractivity contribution in [3.63, 3.8) is 0 Å². The summed E-state index contributed by atoms with van der Waals surface area (Å²) in [5.74, 6) is 0. The van der Waals surface area contributed by atoms with E-state index in [9.17, 15) is 14.4 Å². The summed E-state index contributed by atoms with van der Waals surface area (Å²) in [5.41, 5.74) is 5.13. The predicted molar refractivity (Wildman–Crippen MR) is 52.9 cm³/mol. The van der Waals surface area contributed by atoms with Crippen LogP contribution in [0.1, 0.15) is 0 Å². The second kappa shape index (κ2) is 5.17. The molecule has 0 aromatic carbocycles. The summed E-state index contributed by atoms with van der Waals surface area (Å²) in [6, 6.07) is 0. The minimum atomic E-state index is -3.37. The van der Waals surface area contributed by atoms with Crippen molar-refractivity contribution in [3.8, 4) is 0 Å². The highest BCUT2D eigenvalue weighted by Crippen LogP contribution is 2.01. The molecule has 0 unspecified atom stereocenters. The van der Waals surface area contributed by atoms with Gasteiger partial charge in [-0.05, 0) is 13.1 Å². The monoisotopic (exact) mass is 226 g/mol. The van der Waals surface area contributed by atoms with Crippen molar-refractivity contribution in [1.82, 2.24) is 5.32 Å². The van der Waals surface area contributed by atoms with Crippen LogP contribution in [0.2, 0.25) is 13.1 Å². The van der Waals surface area contributed by atoms with E-state index in [1.165, 1.54) is 0 Å². The summed E-state index contributed by atoms with van der Waals surface area (Å²) in [6.45, 7) is 3.32. The lowest BCUT2D eigenvalue weighted by molar-refractivity contribution is 0.230. The number of rotatable bonds is 6. The van der Waals surface area contributed by atoms with Crippen molar-refractivity contribution in [2.24, 2.45) is 5.73 Å². The van der Waals surface area contributed by atoms with Gasteiger partial charge in [0.1, 0.15) is 0 Å². The zero-order valence-electron chi connectivity index (χ0n) is 7.95. The lowest BCUT2D eigenvalue weighted by Crippen LogP contribution is -2.54. The Bertz CT molecular complexity index is 150. The molecular formula is C5H18N2O4Si2. The van der Waals surface area contributed by atoms with Gasteiger partial charge in [-0.3, -0.25) is 0 Å². The molecule has 0 aromatic heterocycles. The zero-order chi connectivity index (χ0) is 10.5. The fourth-order valence-corrected chi connectivity index (χ4v) is 3.60. The first-order valence-electron chi connectivity index (χ1n) is 3.99. The van der Waals surface area contributed by atoms with Gasteiger partial charge in [0.05, 0.1) is 6.23 Å². The van der Waals surface area contributed by atoms with Gasteiger partial charge in [-0.1, -0.05) is 0 Å². The molecule has 0 aliphatic heterocycles. The molecule has 0 radical (unpaired) electrons. The van der Waals surface area contributed by atoms with Crippen LogP contribution in [0, 0.1) is 0 Å². The van der Waals surface area contributed by atoms with Crippen LogP contribution in [0.5, 0.6) is 0 Å². The van der Waals surface area contributed by atoms with E-state index in [1.807, 2.05) is 0 Å². The average molecular weight is 226 g/mol. The summed E-state index contributed by atoms with van der Waals surface area (Å²) in [7, 11) is -6.02. The van der Waals surface area contributed by atoms with Crippen LogP contribution < -0.4 is 11.1 Å². The molecule has 13 heavy (non-hydrogen) atoms. The SMILES string of the molecule is C[Si](C)(O)OC[Si](O)(O)CNCN. The topological polar surface area (TPSA) is 108 Å². The molecule has 80 valence electrons. The van der Waals surface area contributed by atoms with Crippen molar-refractivity contribution in [3.05, 3.63) is 0 Å². The van der Waals surface area contributed by atoms with E-state index in [1.54, 1.807) is 13.1 Å². The maximum Gasteiger partial charge on any atom is 0.372 e. The first kappa shape index (κ1) is 13.2. The van der Waals surface area contributed by atoms with E-state index in [0.717, 1.165) is 0 Å². The molecule has 0 bridgehead atoms. The van der Waals surface area contributed by atoms with Crippen LogP contribution in [0.25, 0.3) is 0 Å². The average Bonchev–Trinajstić information content (AvgIpc) is 1.97. The van der Waals surface area contributed by atoms with Crippen LogP contribution in [0.15, 0.2) is 0 Å². The van der Waals surface area contributed by atoms with E-state index in [0.29, 0.717) is 0 Å². The largest absolute Gasteiger partial charge is 0.411 e. The van der Waals surface area contributed by atoms with Gasteiger partial charge in [0, 0.05) is 12.8 Å². The van der Waals surface area contributed by atoms with Gasteiger partial charge in [0.2, 0.25) is 0 Å². The number of hydrogen-bond acceptors (Lipinski definition) is 6. The summed E-state index contributed by atoms with van der Waals surface area (Å²) in [4.78, 5) is 28.0. The third-order valence-electron chi connectivity index (χ3n) is 1.21. The standard InChI is InChI=1S/C5H18N2O4Si2/c1-12(2,8)11-5-13(9,10)4-7-3-6/h7-10H,3-6H2,1-2H3. The van der Waals surface area contributed by atoms with Crippen molar-refractivity contribution < 1.29 is 18.8 Å². The summed E-state index contributed by atoms with van der Waals surface area (Å²) < 4.78 is 4.97. The Hall–Kier alpha value is 0.194. The highest BCUT2D eigenvalue weighted by atomic mass is 28.4. The Kier molecular flexibility index (Phi) is 5.25. The Morgan fingerprint density at radius 3 is 2.23 bits per heavy atom. The van der Waals surface area contributed by atoms with Gasteiger partial charge in [-0.2, -0.15) is 0 Å². The first-order chi connectivity index (χ1) is 5.77. The molecule has 6 nitrogen and oxygen atoms in total. The van der Waals surface area contributed by atoms with E-state index in [2.05, 4.69) is 5.32 Å². The molecule has 0 saturated heterocycles. The van der Waals surface area contributed by atoms with Gasteiger partial charge in [-0.25, -0.2) is 0 Å². The Labute approximate surface area is 79.8 Å². The third kappa shape index (κ3) is 8.52. The smallest absolute Gasteiger partial charge is 0.372 e. The van der Waals surface area contributed by atoms with Crippen molar-refractivity contribution in [2.45, 2.75) is 13.1 Å². The van der Waals surface area contributed by atoms with E-state index in [-0.39, 0.29) is 19.1 Å². The van der Waals surface area contributed by atoms with Crippen LogP contribution >= 0.6 is 0 Å². The molecule has 0 rings (SSSR count). The van der Waals surface area contributed by atoms with Crippen molar-refractivity contribution in [1.29, 1.82) is 0 Å². The summed E-state index contributed by atoms with van der Waals surface area (Å²) in [6.07, 6.45) is -0.135. The minimum Gasteiger partial charge on any atom is -0.411 e. The maximum atomic E-state index is 9.37. The second-order valence-corrected chi connectivity index (χ2v) is 9.14. The third-order valence-corrected chi connectivity index (χ3v) is 3.77. The van der Waals surface area contributed by atoms with Crippen LogP contribution in [0.3, 0.4) is 0 Å². The second-order valence-electron chi connectivity index (χ2n) is 3.35. The first-order valence-corrected chi connectivity index (χ1v) is 9.15. The maximum absolute atomic E-state index is 9.37. The van der Waals surface area contributed by atoms with Gasteiger partial charge < -0.3 is 29.9 Å². The minimum absolute atomic E-state index is 0.0496. The van der Waals surface area contributed by atoms with Crippen LogP contribution in [0.4, 0.5) is 0 Å². The summed E-state index contributed by atoms with van der Waals surface area (Å²) >= 11 is 0. The van der Waals surface area contributed by atoms with Gasteiger partial charge in [0.15, 0.2) is 0 Å². The molecule has 6 N–H and O–H groups in total. The van der Waals surface area contributed by atoms with Crippen LogP contribution in [-0.2, 0) is 4.43 Å². The highest BCUT2D eigenvalue weighted by Gasteiger charge is 2.32. The van der Waals surface area contributed by atoms with Crippen molar-refractivity contribution >= 4 is 17.1 Å². The molecule has 0 atom stereocenters. The number of nitrogens with one attached hydrogen (secondary N) is 1. The molecule has 0 amide bonds. The molecule has 0 aromatic rings. The quantitative estimate of drug-likeness (QED) is 0.258. The predicted octanol–water partition coefficient (Wildman–Crippen LogP) is -2.29.